The Kier molecular flexibility index (Phi) is 5.23. The van der Waals surface area contributed by atoms with Crippen molar-refractivity contribution in [1.82, 2.24) is 14.9 Å². The van der Waals surface area contributed by atoms with Crippen molar-refractivity contribution in [2.45, 2.75) is 18.9 Å². The molecule has 1 saturated heterocycles. The van der Waals surface area contributed by atoms with E-state index in [1.165, 1.54) is 6.42 Å². The van der Waals surface area contributed by atoms with Crippen LogP contribution in [0.5, 0.6) is 11.5 Å². The SMILES string of the molecule is COc1ccc(N(C)c2nccc(N)n2)cc1OCC1CCCN1C. The lowest BCUT2D eigenvalue weighted by molar-refractivity contribution is 0.193. The third-order valence-corrected chi connectivity index (χ3v) is 4.60. The molecule has 3 rings (SSSR count). The fourth-order valence-electron chi connectivity index (χ4n) is 3.00. The normalized spacial score (nSPS) is 17.5. The predicted molar refractivity (Wildman–Crippen MR) is 98.6 cm³/mol. The van der Waals surface area contributed by atoms with Crippen molar-refractivity contribution in [3.8, 4) is 11.5 Å². The molecule has 134 valence electrons. The number of aromatic nitrogens is 2. The van der Waals surface area contributed by atoms with Gasteiger partial charge in [-0.15, -0.1) is 0 Å². The van der Waals surface area contributed by atoms with E-state index in [1.807, 2.05) is 30.1 Å². The average molecular weight is 343 g/mol. The second-order valence-corrected chi connectivity index (χ2v) is 6.26. The first-order valence-corrected chi connectivity index (χ1v) is 8.42. The first kappa shape index (κ1) is 17.3. The predicted octanol–water partition coefficient (Wildman–Crippen LogP) is 2.31. The summed E-state index contributed by atoms with van der Waals surface area (Å²) in [5.74, 6) is 2.40. The van der Waals surface area contributed by atoms with Gasteiger partial charge in [0.25, 0.3) is 0 Å². The van der Waals surface area contributed by atoms with Crippen LogP contribution in [0, 0.1) is 0 Å². The Morgan fingerprint density at radius 3 is 2.84 bits per heavy atom. The fourth-order valence-corrected chi connectivity index (χ4v) is 3.00. The lowest BCUT2D eigenvalue weighted by atomic mass is 10.2. The summed E-state index contributed by atoms with van der Waals surface area (Å²) in [5.41, 5.74) is 6.66. The minimum atomic E-state index is 0.436. The van der Waals surface area contributed by atoms with Gasteiger partial charge in [0.1, 0.15) is 12.4 Å². The highest BCUT2D eigenvalue weighted by Crippen LogP contribution is 2.33. The molecule has 25 heavy (non-hydrogen) atoms. The third-order valence-electron chi connectivity index (χ3n) is 4.60. The Morgan fingerprint density at radius 1 is 1.32 bits per heavy atom. The first-order chi connectivity index (χ1) is 12.1. The number of benzene rings is 1. The van der Waals surface area contributed by atoms with Crippen LogP contribution in [0.4, 0.5) is 17.5 Å². The summed E-state index contributed by atoms with van der Waals surface area (Å²) in [6.45, 7) is 1.77. The summed E-state index contributed by atoms with van der Waals surface area (Å²) in [4.78, 5) is 12.7. The molecule has 1 unspecified atom stereocenters. The van der Waals surface area contributed by atoms with Crippen LogP contribution in [0.15, 0.2) is 30.5 Å². The van der Waals surface area contributed by atoms with Gasteiger partial charge in [0.05, 0.1) is 7.11 Å². The van der Waals surface area contributed by atoms with E-state index in [0.29, 0.717) is 30.2 Å². The summed E-state index contributed by atoms with van der Waals surface area (Å²) >= 11 is 0. The minimum Gasteiger partial charge on any atom is -0.493 e. The van der Waals surface area contributed by atoms with Crippen molar-refractivity contribution in [2.75, 3.05) is 45.0 Å². The van der Waals surface area contributed by atoms with Crippen LogP contribution in [-0.4, -0.2) is 55.3 Å². The van der Waals surface area contributed by atoms with Gasteiger partial charge in [-0.05, 0) is 44.6 Å². The number of nitrogen functional groups attached to an aromatic ring is 1. The molecular formula is C18H25N5O2. The van der Waals surface area contributed by atoms with E-state index in [-0.39, 0.29) is 0 Å². The van der Waals surface area contributed by atoms with E-state index < -0.39 is 0 Å². The second kappa shape index (κ2) is 7.57. The van der Waals surface area contributed by atoms with Crippen LogP contribution in [0.2, 0.25) is 0 Å². The molecule has 1 aliphatic heterocycles. The molecular weight excluding hydrogens is 318 g/mol. The van der Waals surface area contributed by atoms with E-state index in [4.69, 9.17) is 15.2 Å². The summed E-state index contributed by atoms with van der Waals surface area (Å²) < 4.78 is 11.5. The number of likely N-dealkylation sites (tertiary alicyclic amines) is 1. The molecule has 0 spiro atoms. The molecule has 1 aromatic heterocycles. The van der Waals surface area contributed by atoms with Gasteiger partial charge in [-0.2, -0.15) is 4.98 Å². The van der Waals surface area contributed by atoms with E-state index in [1.54, 1.807) is 19.4 Å². The van der Waals surface area contributed by atoms with Gasteiger partial charge < -0.3 is 25.0 Å². The van der Waals surface area contributed by atoms with Crippen molar-refractivity contribution < 1.29 is 9.47 Å². The van der Waals surface area contributed by atoms with E-state index in [2.05, 4.69) is 21.9 Å². The molecule has 1 atom stereocenters. The number of likely N-dealkylation sites (N-methyl/N-ethyl adjacent to an activating group) is 1. The Balaban J connectivity index is 1.79. The van der Waals surface area contributed by atoms with Gasteiger partial charge in [0, 0.05) is 31.0 Å². The number of rotatable bonds is 6. The van der Waals surface area contributed by atoms with Gasteiger partial charge in [-0.25, -0.2) is 4.98 Å². The average Bonchev–Trinajstić information content (AvgIpc) is 3.04. The Bertz CT molecular complexity index is 724. The van der Waals surface area contributed by atoms with Crippen LogP contribution in [0.25, 0.3) is 0 Å². The van der Waals surface area contributed by atoms with Crippen LogP contribution in [0.1, 0.15) is 12.8 Å². The third kappa shape index (κ3) is 3.93. The zero-order valence-corrected chi connectivity index (χ0v) is 15.0. The second-order valence-electron chi connectivity index (χ2n) is 6.26. The maximum atomic E-state index is 6.07. The van der Waals surface area contributed by atoms with E-state index >= 15 is 0 Å². The molecule has 2 aromatic rings. The Labute approximate surface area is 148 Å². The maximum absolute atomic E-state index is 6.07. The highest BCUT2D eigenvalue weighted by Gasteiger charge is 2.22. The monoisotopic (exact) mass is 343 g/mol. The van der Waals surface area contributed by atoms with Gasteiger partial charge in [0.2, 0.25) is 5.95 Å². The van der Waals surface area contributed by atoms with Crippen molar-refractivity contribution in [3.63, 3.8) is 0 Å². The first-order valence-electron chi connectivity index (χ1n) is 8.42. The quantitative estimate of drug-likeness (QED) is 0.862. The summed E-state index contributed by atoms with van der Waals surface area (Å²) in [5, 5.41) is 0. The molecule has 2 N–H and O–H groups in total. The zero-order valence-electron chi connectivity index (χ0n) is 15.0. The molecule has 7 nitrogen and oxygen atoms in total. The number of hydrogen-bond donors (Lipinski definition) is 1. The standard InChI is InChI=1S/C18H25N5O2/c1-22-10-4-5-14(22)12-25-16-11-13(6-7-15(16)24-3)23(2)18-20-9-8-17(19)21-18/h6-9,11,14H,4-5,10,12H2,1-3H3,(H2,19,20,21). The summed E-state index contributed by atoms with van der Waals surface area (Å²) in [6, 6.07) is 7.90. The Morgan fingerprint density at radius 2 is 2.16 bits per heavy atom. The van der Waals surface area contributed by atoms with Crippen LogP contribution < -0.4 is 20.1 Å². The van der Waals surface area contributed by atoms with Crippen molar-refractivity contribution in [1.29, 1.82) is 0 Å². The minimum absolute atomic E-state index is 0.436. The van der Waals surface area contributed by atoms with Crippen LogP contribution in [-0.2, 0) is 0 Å². The zero-order chi connectivity index (χ0) is 17.8. The lowest BCUT2D eigenvalue weighted by Crippen LogP contribution is -2.30. The van der Waals surface area contributed by atoms with Gasteiger partial charge in [-0.1, -0.05) is 0 Å². The smallest absolute Gasteiger partial charge is 0.231 e. The lowest BCUT2D eigenvalue weighted by Gasteiger charge is -2.22. The van der Waals surface area contributed by atoms with Gasteiger partial charge >= 0.3 is 0 Å². The number of methoxy groups -OCH3 is 1. The van der Waals surface area contributed by atoms with Gasteiger partial charge in [0.15, 0.2) is 11.5 Å². The molecule has 1 fully saturated rings. The molecule has 2 heterocycles. The molecule has 1 aromatic carbocycles. The van der Waals surface area contributed by atoms with Crippen molar-refractivity contribution in [3.05, 3.63) is 30.5 Å². The van der Waals surface area contributed by atoms with Crippen molar-refractivity contribution >= 4 is 17.5 Å². The topological polar surface area (TPSA) is 76.7 Å². The number of ether oxygens (including phenoxy) is 2. The summed E-state index contributed by atoms with van der Waals surface area (Å²) in [7, 11) is 5.68. The highest BCUT2D eigenvalue weighted by atomic mass is 16.5. The molecule has 0 radical (unpaired) electrons. The van der Waals surface area contributed by atoms with Crippen LogP contribution >= 0.6 is 0 Å². The molecule has 0 bridgehead atoms. The molecule has 0 saturated carbocycles. The molecule has 1 aliphatic rings. The Hall–Kier alpha value is -2.54. The molecule has 0 aliphatic carbocycles. The fraction of sp³-hybridized carbons (Fsp3) is 0.444. The van der Waals surface area contributed by atoms with Gasteiger partial charge in [-0.3, -0.25) is 0 Å². The number of nitrogens with zero attached hydrogens (tertiary/aromatic N) is 4. The maximum Gasteiger partial charge on any atom is 0.231 e. The summed E-state index contributed by atoms with van der Waals surface area (Å²) in [6.07, 6.45) is 4.03. The molecule has 7 heteroatoms. The van der Waals surface area contributed by atoms with Crippen molar-refractivity contribution in [2.24, 2.45) is 0 Å². The number of anilines is 3. The largest absolute Gasteiger partial charge is 0.493 e. The van der Waals surface area contributed by atoms with E-state index in [9.17, 15) is 0 Å². The number of hydrogen-bond acceptors (Lipinski definition) is 7. The number of nitrogens with two attached hydrogens (primary N) is 1. The molecule has 0 amide bonds. The highest BCUT2D eigenvalue weighted by molar-refractivity contribution is 5.62. The van der Waals surface area contributed by atoms with E-state index in [0.717, 1.165) is 24.4 Å². The van der Waals surface area contributed by atoms with Crippen LogP contribution in [0.3, 0.4) is 0 Å².